The Morgan fingerprint density at radius 1 is 1.39 bits per heavy atom. The van der Waals surface area contributed by atoms with Crippen LogP contribution >= 0.6 is 0 Å². The van der Waals surface area contributed by atoms with Gasteiger partial charge in [-0.15, -0.1) is 0 Å². The summed E-state index contributed by atoms with van der Waals surface area (Å²) in [6.07, 6.45) is 2.71. The van der Waals surface area contributed by atoms with E-state index in [1.54, 1.807) is 25.5 Å². The van der Waals surface area contributed by atoms with E-state index in [4.69, 9.17) is 0 Å². The summed E-state index contributed by atoms with van der Waals surface area (Å²) in [6, 6.07) is 0. The highest BCUT2D eigenvalue weighted by atomic mass is 32.2. The van der Waals surface area contributed by atoms with Gasteiger partial charge in [0.25, 0.3) is 0 Å². The molecule has 104 valence electrons. The first kappa shape index (κ1) is 15.0. The smallest absolute Gasteiger partial charge is 0.156 e. The fourth-order valence-corrected chi connectivity index (χ4v) is 2.55. The lowest BCUT2D eigenvalue weighted by molar-refractivity contribution is 0.560. The van der Waals surface area contributed by atoms with Crippen molar-refractivity contribution in [2.45, 2.75) is 38.9 Å². The van der Waals surface area contributed by atoms with Gasteiger partial charge in [-0.3, -0.25) is 4.68 Å². The molecule has 1 aromatic rings. The van der Waals surface area contributed by atoms with Crippen LogP contribution in [0.4, 0.5) is 5.69 Å². The number of nitrogens with zero attached hydrogens (tertiary/aromatic N) is 2. The first-order valence-corrected chi connectivity index (χ1v) is 7.81. The molecule has 0 fully saturated rings. The molecule has 0 radical (unpaired) electrons. The van der Waals surface area contributed by atoms with Gasteiger partial charge in [0.05, 0.1) is 21.9 Å². The fraction of sp³-hybridized carbons (Fsp3) is 0.750. The third-order valence-electron chi connectivity index (χ3n) is 2.86. The third kappa shape index (κ3) is 3.48. The van der Waals surface area contributed by atoms with E-state index in [0.717, 1.165) is 17.8 Å². The van der Waals surface area contributed by atoms with Gasteiger partial charge in [-0.25, -0.2) is 8.42 Å². The van der Waals surface area contributed by atoms with E-state index >= 15 is 0 Å². The molecule has 0 atom stereocenters. The monoisotopic (exact) mass is 273 g/mol. The van der Waals surface area contributed by atoms with Crippen molar-refractivity contribution < 1.29 is 8.42 Å². The molecule has 0 unspecified atom stereocenters. The van der Waals surface area contributed by atoms with Gasteiger partial charge in [-0.1, -0.05) is 6.92 Å². The number of aromatic nitrogens is 2. The molecular weight excluding hydrogens is 250 g/mol. The summed E-state index contributed by atoms with van der Waals surface area (Å²) in [5.41, 5.74) is 1.88. The summed E-state index contributed by atoms with van der Waals surface area (Å²) in [6.45, 7) is 7.62. The highest BCUT2D eigenvalue weighted by Gasteiger charge is 2.28. The maximum Gasteiger partial charge on any atom is 0.156 e. The highest BCUT2D eigenvalue weighted by Crippen LogP contribution is 2.17. The standard InChI is InChI=1S/C12H23N3O2S/c1-6-10-11(9-15(5)14-10)13-7-8-18(16,17)12(2,3)4/h9,13H,6-8H2,1-5H3. The first-order chi connectivity index (χ1) is 8.17. The molecule has 1 N–H and O–H groups in total. The molecular formula is C12H23N3O2S. The molecule has 0 aromatic carbocycles. The van der Waals surface area contributed by atoms with E-state index in [2.05, 4.69) is 10.4 Å². The quantitative estimate of drug-likeness (QED) is 0.885. The zero-order valence-corrected chi connectivity index (χ0v) is 12.6. The molecule has 0 spiro atoms. The second-order valence-corrected chi connectivity index (χ2v) is 8.24. The van der Waals surface area contributed by atoms with Crippen LogP contribution in [0.5, 0.6) is 0 Å². The van der Waals surface area contributed by atoms with Crippen LogP contribution in [0, 0.1) is 0 Å². The van der Waals surface area contributed by atoms with Gasteiger partial charge in [0, 0.05) is 19.8 Å². The van der Waals surface area contributed by atoms with Gasteiger partial charge >= 0.3 is 0 Å². The number of nitrogens with one attached hydrogen (secondary N) is 1. The van der Waals surface area contributed by atoms with Crippen LogP contribution in [-0.4, -0.2) is 35.2 Å². The van der Waals surface area contributed by atoms with E-state index in [1.165, 1.54) is 0 Å². The highest BCUT2D eigenvalue weighted by molar-refractivity contribution is 7.92. The van der Waals surface area contributed by atoms with Crippen LogP contribution in [0.15, 0.2) is 6.20 Å². The Hall–Kier alpha value is -1.04. The van der Waals surface area contributed by atoms with Crippen molar-refractivity contribution in [3.63, 3.8) is 0 Å². The predicted octanol–water partition coefficient (Wildman–Crippen LogP) is 1.61. The molecule has 1 aromatic heterocycles. The Labute approximate surface area is 109 Å². The van der Waals surface area contributed by atoms with Gasteiger partial charge < -0.3 is 5.32 Å². The van der Waals surface area contributed by atoms with Crippen molar-refractivity contribution in [1.29, 1.82) is 0 Å². The van der Waals surface area contributed by atoms with E-state index in [9.17, 15) is 8.42 Å². The number of sulfone groups is 1. The molecule has 0 saturated carbocycles. The van der Waals surface area contributed by atoms with Gasteiger partial charge in [0.15, 0.2) is 9.84 Å². The maximum atomic E-state index is 11.9. The number of rotatable bonds is 5. The summed E-state index contributed by atoms with van der Waals surface area (Å²) in [5, 5.41) is 7.45. The molecule has 0 amide bonds. The van der Waals surface area contributed by atoms with Crippen molar-refractivity contribution in [2.24, 2.45) is 7.05 Å². The molecule has 0 aliphatic rings. The van der Waals surface area contributed by atoms with Crippen LogP contribution < -0.4 is 5.32 Å². The number of aryl methyl sites for hydroxylation is 2. The minimum atomic E-state index is -3.07. The van der Waals surface area contributed by atoms with Crippen molar-refractivity contribution in [3.05, 3.63) is 11.9 Å². The summed E-state index contributed by atoms with van der Waals surface area (Å²) in [5.74, 6) is 0.133. The predicted molar refractivity (Wildman–Crippen MR) is 74.6 cm³/mol. The van der Waals surface area contributed by atoms with E-state index in [0.29, 0.717) is 6.54 Å². The van der Waals surface area contributed by atoms with Crippen molar-refractivity contribution in [1.82, 2.24) is 9.78 Å². The molecule has 1 rings (SSSR count). The number of anilines is 1. The first-order valence-electron chi connectivity index (χ1n) is 6.16. The van der Waals surface area contributed by atoms with Crippen LogP contribution in [-0.2, 0) is 23.3 Å². The average molecular weight is 273 g/mol. The van der Waals surface area contributed by atoms with Crippen molar-refractivity contribution in [2.75, 3.05) is 17.6 Å². The van der Waals surface area contributed by atoms with Gasteiger partial charge in [-0.05, 0) is 27.2 Å². The third-order valence-corrected chi connectivity index (χ3v) is 5.47. The lowest BCUT2D eigenvalue weighted by Gasteiger charge is -2.19. The van der Waals surface area contributed by atoms with E-state index in [1.807, 2.05) is 20.2 Å². The van der Waals surface area contributed by atoms with Crippen molar-refractivity contribution in [3.8, 4) is 0 Å². The Balaban J connectivity index is 2.62. The second kappa shape index (κ2) is 5.30. The van der Waals surface area contributed by atoms with Crippen LogP contribution in [0.3, 0.4) is 0 Å². The number of hydrogen-bond donors (Lipinski definition) is 1. The molecule has 6 heteroatoms. The van der Waals surface area contributed by atoms with Crippen LogP contribution in [0.1, 0.15) is 33.4 Å². The summed E-state index contributed by atoms with van der Waals surface area (Å²) < 4.78 is 24.9. The zero-order valence-electron chi connectivity index (χ0n) is 11.8. The van der Waals surface area contributed by atoms with Crippen LogP contribution in [0.25, 0.3) is 0 Å². The minimum absolute atomic E-state index is 0.133. The number of hydrogen-bond acceptors (Lipinski definition) is 4. The Morgan fingerprint density at radius 3 is 2.50 bits per heavy atom. The largest absolute Gasteiger partial charge is 0.381 e. The van der Waals surface area contributed by atoms with E-state index < -0.39 is 14.6 Å². The summed E-state index contributed by atoms with van der Waals surface area (Å²) in [7, 11) is -1.21. The van der Waals surface area contributed by atoms with E-state index in [-0.39, 0.29) is 5.75 Å². The van der Waals surface area contributed by atoms with Gasteiger partial charge in [-0.2, -0.15) is 5.10 Å². The lowest BCUT2D eigenvalue weighted by atomic mass is 10.3. The van der Waals surface area contributed by atoms with Crippen molar-refractivity contribution >= 4 is 15.5 Å². The molecule has 0 saturated heterocycles. The SMILES string of the molecule is CCc1nn(C)cc1NCCS(=O)(=O)C(C)(C)C. The van der Waals surface area contributed by atoms with Gasteiger partial charge in [0.1, 0.15) is 0 Å². The minimum Gasteiger partial charge on any atom is -0.381 e. The molecule has 5 nitrogen and oxygen atoms in total. The topological polar surface area (TPSA) is 64.0 Å². The maximum absolute atomic E-state index is 11.9. The molecule has 0 aliphatic carbocycles. The average Bonchev–Trinajstić information content (AvgIpc) is 2.57. The summed E-state index contributed by atoms with van der Waals surface area (Å²) >= 11 is 0. The lowest BCUT2D eigenvalue weighted by Crippen LogP contribution is -2.32. The summed E-state index contributed by atoms with van der Waals surface area (Å²) in [4.78, 5) is 0. The molecule has 0 bridgehead atoms. The van der Waals surface area contributed by atoms with Crippen LogP contribution in [0.2, 0.25) is 0 Å². The van der Waals surface area contributed by atoms with Gasteiger partial charge in [0.2, 0.25) is 0 Å². The second-order valence-electron chi connectivity index (χ2n) is 5.37. The Bertz CT molecular complexity index is 498. The molecule has 0 aliphatic heterocycles. The zero-order chi connectivity index (χ0) is 14.0. The fourth-order valence-electron chi connectivity index (χ4n) is 1.57. The Morgan fingerprint density at radius 2 is 2.00 bits per heavy atom. The molecule has 1 heterocycles. The molecule has 18 heavy (non-hydrogen) atoms. The normalized spacial score (nSPS) is 12.7. The Kier molecular flexibility index (Phi) is 4.42.